The third kappa shape index (κ3) is 2.83. The number of hydrogen-bond acceptors (Lipinski definition) is 3. The van der Waals surface area contributed by atoms with Crippen LogP contribution >= 0.6 is 27.5 Å². The lowest BCUT2D eigenvalue weighted by Gasteiger charge is -2.41. The quantitative estimate of drug-likeness (QED) is 0.379. The van der Waals surface area contributed by atoms with Crippen LogP contribution in [0.25, 0.3) is 0 Å². The van der Waals surface area contributed by atoms with Gasteiger partial charge in [-0.2, -0.15) is 0 Å². The van der Waals surface area contributed by atoms with Gasteiger partial charge < -0.3 is 14.4 Å². The van der Waals surface area contributed by atoms with Gasteiger partial charge in [-0.15, -0.1) is 0 Å². The highest BCUT2D eigenvalue weighted by atomic mass is 79.9. The molecule has 3 nitrogen and oxygen atoms in total. The number of rotatable bonds is 1. The molecule has 3 heterocycles. The molecule has 3 aromatic rings. The standard InChI is InChI=1S/C24H18BrClFNO2/c25-16-11-18(27)23-20-9-15-8-17(26)5-6-19(15)28(20)24(30-22(23)12-16)14-4-3-13-2-1-7-29-21(13)10-14/h3-6,8,10-12,20,24H,1-2,7,9H2. The van der Waals surface area contributed by atoms with Gasteiger partial charge >= 0.3 is 0 Å². The van der Waals surface area contributed by atoms with E-state index in [1.54, 1.807) is 0 Å². The molecule has 3 aliphatic rings. The molecule has 3 aromatic carbocycles. The Hall–Kier alpha value is -2.24. The minimum atomic E-state index is -0.380. The first-order valence-electron chi connectivity index (χ1n) is 10.1. The predicted molar refractivity (Wildman–Crippen MR) is 118 cm³/mol. The molecule has 0 aliphatic carbocycles. The van der Waals surface area contributed by atoms with Crippen LogP contribution in [0.15, 0.2) is 53.0 Å². The maximum absolute atomic E-state index is 15.0. The molecule has 2 unspecified atom stereocenters. The summed E-state index contributed by atoms with van der Waals surface area (Å²) in [6.07, 6.45) is 2.36. The molecule has 2 atom stereocenters. The van der Waals surface area contributed by atoms with Crippen LogP contribution in [0.3, 0.4) is 0 Å². The molecule has 0 N–H and O–H groups in total. The summed E-state index contributed by atoms with van der Waals surface area (Å²) in [5.74, 6) is 1.23. The summed E-state index contributed by atoms with van der Waals surface area (Å²) < 4.78 is 28.0. The van der Waals surface area contributed by atoms with Crippen molar-refractivity contribution in [3.63, 3.8) is 0 Å². The molecule has 0 amide bonds. The van der Waals surface area contributed by atoms with Crippen LogP contribution in [0.1, 0.15) is 40.9 Å². The van der Waals surface area contributed by atoms with Crippen molar-refractivity contribution >= 4 is 33.2 Å². The third-order valence-corrected chi connectivity index (χ3v) is 6.87. The van der Waals surface area contributed by atoms with E-state index < -0.39 is 0 Å². The zero-order valence-corrected chi connectivity index (χ0v) is 18.3. The van der Waals surface area contributed by atoms with Crippen LogP contribution in [0.5, 0.6) is 11.5 Å². The van der Waals surface area contributed by atoms with E-state index >= 15 is 4.39 Å². The Morgan fingerprint density at radius 1 is 1.03 bits per heavy atom. The van der Waals surface area contributed by atoms with Gasteiger partial charge in [0.25, 0.3) is 0 Å². The maximum Gasteiger partial charge on any atom is 0.199 e. The molecule has 30 heavy (non-hydrogen) atoms. The zero-order chi connectivity index (χ0) is 20.4. The molecule has 0 aromatic heterocycles. The lowest BCUT2D eigenvalue weighted by Crippen LogP contribution is -2.38. The van der Waals surface area contributed by atoms with Crippen LogP contribution in [-0.2, 0) is 12.8 Å². The van der Waals surface area contributed by atoms with Crippen LogP contribution < -0.4 is 14.4 Å². The smallest absolute Gasteiger partial charge is 0.199 e. The second-order valence-corrected chi connectivity index (χ2v) is 9.34. The topological polar surface area (TPSA) is 21.7 Å². The van der Waals surface area contributed by atoms with E-state index in [-0.39, 0.29) is 18.1 Å². The normalized spacial score (nSPS) is 21.1. The number of anilines is 1. The lowest BCUT2D eigenvalue weighted by atomic mass is 9.97. The van der Waals surface area contributed by atoms with E-state index in [2.05, 4.69) is 39.0 Å². The van der Waals surface area contributed by atoms with Crippen molar-refractivity contribution in [3.8, 4) is 11.5 Å². The molecule has 6 heteroatoms. The number of halogens is 3. The van der Waals surface area contributed by atoms with Crippen molar-refractivity contribution in [3.05, 3.63) is 86.1 Å². The van der Waals surface area contributed by atoms with Crippen LogP contribution in [0.2, 0.25) is 5.02 Å². The van der Waals surface area contributed by atoms with Gasteiger partial charge in [0.1, 0.15) is 17.3 Å². The first kappa shape index (κ1) is 18.5. The minimum absolute atomic E-state index is 0.155. The average Bonchev–Trinajstić information content (AvgIpc) is 3.10. The van der Waals surface area contributed by atoms with Gasteiger partial charge in [0.15, 0.2) is 6.23 Å². The van der Waals surface area contributed by atoms with Crippen LogP contribution in [0, 0.1) is 5.82 Å². The van der Waals surface area contributed by atoms with Gasteiger partial charge in [0, 0.05) is 20.7 Å². The van der Waals surface area contributed by atoms with E-state index in [9.17, 15) is 0 Å². The molecule has 0 saturated carbocycles. The number of benzene rings is 3. The molecule has 152 valence electrons. The van der Waals surface area contributed by atoms with E-state index in [0.717, 1.165) is 42.0 Å². The van der Waals surface area contributed by atoms with Gasteiger partial charge in [-0.3, -0.25) is 0 Å². The number of aryl methyl sites for hydroxylation is 1. The van der Waals surface area contributed by atoms with Gasteiger partial charge in [0.2, 0.25) is 0 Å². The largest absolute Gasteiger partial charge is 0.493 e. The molecule has 0 saturated heterocycles. The van der Waals surface area contributed by atoms with Crippen molar-refractivity contribution in [2.75, 3.05) is 11.5 Å². The summed E-state index contributed by atoms with van der Waals surface area (Å²) in [5.41, 5.74) is 4.94. The number of ether oxygens (including phenoxy) is 2. The molecule has 0 spiro atoms. The van der Waals surface area contributed by atoms with Crippen LogP contribution in [0.4, 0.5) is 10.1 Å². The van der Waals surface area contributed by atoms with Gasteiger partial charge in [-0.05, 0) is 66.8 Å². The van der Waals surface area contributed by atoms with Gasteiger partial charge in [-0.25, -0.2) is 4.39 Å². The summed E-state index contributed by atoms with van der Waals surface area (Å²) in [6, 6.07) is 15.4. The fraction of sp³-hybridized carbons (Fsp3) is 0.250. The fourth-order valence-corrected chi connectivity index (χ4v) is 5.48. The Bertz CT molecular complexity index is 1180. The lowest BCUT2D eigenvalue weighted by molar-refractivity contribution is 0.163. The third-order valence-electron chi connectivity index (χ3n) is 6.17. The van der Waals surface area contributed by atoms with Crippen molar-refractivity contribution in [2.24, 2.45) is 0 Å². The summed E-state index contributed by atoms with van der Waals surface area (Å²) >= 11 is 9.67. The van der Waals surface area contributed by atoms with Gasteiger partial charge in [0.05, 0.1) is 18.2 Å². The van der Waals surface area contributed by atoms with Crippen molar-refractivity contribution in [1.29, 1.82) is 0 Å². The molecule has 0 fully saturated rings. The maximum atomic E-state index is 15.0. The van der Waals surface area contributed by atoms with E-state index in [1.807, 2.05) is 24.3 Å². The Balaban J connectivity index is 1.53. The van der Waals surface area contributed by atoms with Crippen molar-refractivity contribution in [2.45, 2.75) is 31.5 Å². The Morgan fingerprint density at radius 3 is 2.83 bits per heavy atom. The first-order chi connectivity index (χ1) is 14.6. The highest BCUT2D eigenvalue weighted by Gasteiger charge is 2.44. The SMILES string of the molecule is Fc1cc(Br)cc2c1C1Cc3cc(Cl)ccc3N1C(c1ccc3c(c1)OCCC3)O2. The highest BCUT2D eigenvalue weighted by molar-refractivity contribution is 9.10. The second-order valence-electron chi connectivity index (χ2n) is 7.99. The molecule has 6 rings (SSSR count). The van der Waals surface area contributed by atoms with Gasteiger partial charge in [-0.1, -0.05) is 39.7 Å². The number of nitrogens with zero attached hydrogens (tertiary/aromatic N) is 1. The molecular weight excluding hydrogens is 469 g/mol. The second kappa shape index (κ2) is 6.89. The predicted octanol–water partition coefficient (Wildman–Crippen LogP) is 6.76. The van der Waals surface area contributed by atoms with Crippen molar-refractivity contribution in [1.82, 2.24) is 0 Å². The minimum Gasteiger partial charge on any atom is -0.493 e. The average molecular weight is 487 g/mol. The first-order valence-corrected chi connectivity index (χ1v) is 11.2. The summed E-state index contributed by atoms with van der Waals surface area (Å²) in [4.78, 5) is 2.18. The fourth-order valence-electron chi connectivity index (χ4n) is 4.87. The van der Waals surface area contributed by atoms with Crippen molar-refractivity contribution < 1.29 is 13.9 Å². The summed E-state index contributed by atoms with van der Waals surface area (Å²) in [5, 5.41) is 0.685. The molecule has 0 bridgehead atoms. The number of fused-ring (bicyclic) bond motifs is 6. The Kier molecular flexibility index (Phi) is 4.26. The highest BCUT2D eigenvalue weighted by Crippen LogP contribution is 2.53. The summed E-state index contributed by atoms with van der Waals surface area (Å²) in [7, 11) is 0. The molecule has 3 aliphatic heterocycles. The van der Waals surface area contributed by atoms with Crippen LogP contribution in [-0.4, -0.2) is 6.61 Å². The molecule has 0 radical (unpaired) electrons. The number of hydrogen-bond donors (Lipinski definition) is 0. The summed E-state index contributed by atoms with van der Waals surface area (Å²) in [6.45, 7) is 0.733. The monoisotopic (exact) mass is 485 g/mol. The van der Waals surface area contributed by atoms with E-state index in [1.165, 1.54) is 11.6 Å². The molecular formula is C24H18BrClFNO2. The Labute approximate surface area is 187 Å². The van der Waals surface area contributed by atoms with E-state index in [0.29, 0.717) is 27.2 Å². The van der Waals surface area contributed by atoms with E-state index in [4.69, 9.17) is 21.1 Å². The zero-order valence-electron chi connectivity index (χ0n) is 16.0. The Morgan fingerprint density at radius 2 is 1.93 bits per heavy atom.